The van der Waals surface area contributed by atoms with Crippen LogP contribution in [0.15, 0.2) is 24.3 Å². The summed E-state index contributed by atoms with van der Waals surface area (Å²) in [5, 5.41) is 3.59. The van der Waals surface area contributed by atoms with Gasteiger partial charge in [-0.1, -0.05) is 26.0 Å². The summed E-state index contributed by atoms with van der Waals surface area (Å²) in [5.41, 5.74) is 2.98. The van der Waals surface area contributed by atoms with Crippen molar-refractivity contribution in [2.24, 2.45) is 5.92 Å². The molecule has 0 radical (unpaired) electrons. The third kappa shape index (κ3) is 2.48. The second-order valence-electron chi connectivity index (χ2n) is 5.87. The van der Waals surface area contributed by atoms with Gasteiger partial charge in [0.25, 0.3) is 0 Å². The second kappa shape index (κ2) is 5.37. The molecular weight excluding hydrogens is 248 g/mol. The van der Waals surface area contributed by atoms with Crippen LogP contribution in [0.1, 0.15) is 19.5 Å². The molecule has 0 bridgehead atoms. The minimum atomic E-state index is 0.524. The van der Waals surface area contributed by atoms with Gasteiger partial charge in [-0.3, -0.25) is 0 Å². The van der Waals surface area contributed by atoms with E-state index in [4.69, 9.17) is 9.97 Å². The number of para-hydroxylation sites is 2. The van der Waals surface area contributed by atoms with Crippen LogP contribution in [0.4, 0.5) is 5.82 Å². The molecular formula is C16H22N4. The maximum Gasteiger partial charge on any atom is 0.150 e. The molecule has 2 heterocycles. The molecule has 1 aromatic carbocycles. The highest BCUT2D eigenvalue weighted by atomic mass is 15.3. The molecule has 1 fully saturated rings. The fourth-order valence-corrected chi connectivity index (χ4v) is 2.80. The van der Waals surface area contributed by atoms with Crippen LogP contribution in [0, 0.1) is 12.8 Å². The zero-order valence-electron chi connectivity index (χ0n) is 12.4. The molecule has 0 spiro atoms. The summed E-state index contributed by atoms with van der Waals surface area (Å²) in [6.07, 6.45) is 0. The van der Waals surface area contributed by atoms with Crippen molar-refractivity contribution in [2.45, 2.75) is 26.8 Å². The summed E-state index contributed by atoms with van der Waals surface area (Å²) >= 11 is 0. The Kier molecular flexibility index (Phi) is 3.57. The number of nitrogens with one attached hydrogen (secondary N) is 1. The topological polar surface area (TPSA) is 41.1 Å². The van der Waals surface area contributed by atoms with Crippen molar-refractivity contribution < 1.29 is 0 Å². The molecule has 0 aliphatic carbocycles. The van der Waals surface area contributed by atoms with E-state index in [9.17, 15) is 0 Å². The molecule has 1 aromatic heterocycles. The standard InChI is InChI=1S/C16H22N4/c1-11(2)15-10-20(9-8-17-15)16-12(3)18-13-6-4-5-7-14(13)19-16/h4-7,11,15,17H,8-10H2,1-3H3/t15-/m0/s1. The first-order chi connectivity index (χ1) is 9.65. The van der Waals surface area contributed by atoms with Crippen LogP contribution in [0.2, 0.25) is 0 Å². The first kappa shape index (κ1) is 13.3. The van der Waals surface area contributed by atoms with Crippen LogP contribution in [-0.2, 0) is 0 Å². The number of hydrogen-bond acceptors (Lipinski definition) is 4. The van der Waals surface area contributed by atoms with E-state index < -0.39 is 0 Å². The van der Waals surface area contributed by atoms with E-state index in [-0.39, 0.29) is 0 Å². The van der Waals surface area contributed by atoms with E-state index >= 15 is 0 Å². The zero-order valence-corrected chi connectivity index (χ0v) is 12.4. The summed E-state index contributed by atoms with van der Waals surface area (Å²) < 4.78 is 0. The normalized spacial score (nSPS) is 19.8. The van der Waals surface area contributed by atoms with Gasteiger partial charge in [-0.25, -0.2) is 9.97 Å². The highest BCUT2D eigenvalue weighted by molar-refractivity contribution is 5.76. The van der Waals surface area contributed by atoms with Gasteiger partial charge in [0, 0.05) is 25.7 Å². The smallest absolute Gasteiger partial charge is 0.150 e. The van der Waals surface area contributed by atoms with Gasteiger partial charge in [-0.2, -0.15) is 0 Å². The molecule has 1 aliphatic rings. The van der Waals surface area contributed by atoms with Gasteiger partial charge >= 0.3 is 0 Å². The average Bonchev–Trinajstić information content (AvgIpc) is 2.46. The Morgan fingerprint density at radius 3 is 2.60 bits per heavy atom. The van der Waals surface area contributed by atoms with Crippen LogP contribution >= 0.6 is 0 Å². The van der Waals surface area contributed by atoms with Crippen molar-refractivity contribution in [3.8, 4) is 0 Å². The van der Waals surface area contributed by atoms with Crippen molar-refractivity contribution in [1.82, 2.24) is 15.3 Å². The van der Waals surface area contributed by atoms with Gasteiger partial charge in [-0.05, 0) is 25.0 Å². The molecule has 4 heteroatoms. The van der Waals surface area contributed by atoms with E-state index in [2.05, 4.69) is 31.0 Å². The van der Waals surface area contributed by atoms with Gasteiger partial charge in [-0.15, -0.1) is 0 Å². The van der Waals surface area contributed by atoms with Crippen LogP contribution in [-0.4, -0.2) is 35.6 Å². The molecule has 0 unspecified atom stereocenters. The van der Waals surface area contributed by atoms with Gasteiger partial charge in [0.2, 0.25) is 0 Å². The van der Waals surface area contributed by atoms with E-state index in [0.29, 0.717) is 12.0 Å². The fourth-order valence-electron chi connectivity index (χ4n) is 2.80. The summed E-state index contributed by atoms with van der Waals surface area (Å²) in [5.74, 6) is 1.67. The maximum atomic E-state index is 4.83. The lowest BCUT2D eigenvalue weighted by molar-refractivity contribution is 0.367. The Bertz CT molecular complexity index is 608. The van der Waals surface area contributed by atoms with Crippen LogP contribution < -0.4 is 10.2 Å². The zero-order chi connectivity index (χ0) is 14.1. The molecule has 1 aliphatic heterocycles. The third-order valence-corrected chi connectivity index (χ3v) is 4.03. The molecule has 1 N–H and O–H groups in total. The monoisotopic (exact) mass is 270 g/mol. The first-order valence-electron chi connectivity index (χ1n) is 7.37. The highest BCUT2D eigenvalue weighted by Gasteiger charge is 2.24. The SMILES string of the molecule is Cc1nc2ccccc2nc1N1CCN[C@H](C(C)C)C1. The van der Waals surface area contributed by atoms with Gasteiger partial charge < -0.3 is 10.2 Å². The van der Waals surface area contributed by atoms with E-state index in [1.54, 1.807) is 0 Å². The van der Waals surface area contributed by atoms with Crippen molar-refractivity contribution in [1.29, 1.82) is 0 Å². The van der Waals surface area contributed by atoms with Crippen molar-refractivity contribution in [3.63, 3.8) is 0 Å². The molecule has 3 rings (SSSR count). The lowest BCUT2D eigenvalue weighted by Crippen LogP contribution is -2.53. The Morgan fingerprint density at radius 2 is 1.90 bits per heavy atom. The lowest BCUT2D eigenvalue weighted by atomic mass is 10.0. The van der Waals surface area contributed by atoms with Gasteiger partial charge in [0.1, 0.15) is 0 Å². The molecule has 4 nitrogen and oxygen atoms in total. The van der Waals surface area contributed by atoms with Crippen LogP contribution in [0.25, 0.3) is 11.0 Å². The molecule has 0 amide bonds. The van der Waals surface area contributed by atoms with Crippen molar-refractivity contribution >= 4 is 16.9 Å². The van der Waals surface area contributed by atoms with E-state index in [1.807, 2.05) is 24.3 Å². The summed E-state index contributed by atoms with van der Waals surface area (Å²) in [6, 6.07) is 8.61. The second-order valence-corrected chi connectivity index (χ2v) is 5.87. The molecule has 1 atom stereocenters. The van der Waals surface area contributed by atoms with Crippen LogP contribution in [0.5, 0.6) is 0 Å². The number of benzene rings is 1. The number of aryl methyl sites for hydroxylation is 1. The number of nitrogens with zero attached hydrogens (tertiary/aromatic N) is 3. The first-order valence-corrected chi connectivity index (χ1v) is 7.37. The Morgan fingerprint density at radius 1 is 1.20 bits per heavy atom. The van der Waals surface area contributed by atoms with Crippen LogP contribution in [0.3, 0.4) is 0 Å². The van der Waals surface area contributed by atoms with Crippen molar-refractivity contribution in [2.75, 3.05) is 24.5 Å². The maximum absolute atomic E-state index is 4.83. The Labute approximate surface area is 120 Å². The molecule has 106 valence electrons. The minimum absolute atomic E-state index is 0.524. The fraction of sp³-hybridized carbons (Fsp3) is 0.500. The number of rotatable bonds is 2. The summed E-state index contributed by atoms with van der Waals surface area (Å²) in [4.78, 5) is 11.9. The lowest BCUT2D eigenvalue weighted by Gasteiger charge is -2.36. The number of piperazine rings is 1. The van der Waals surface area contributed by atoms with Gasteiger partial charge in [0.05, 0.1) is 16.7 Å². The van der Waals surface area contributed by atoms with Gasteiger partial charge in [0.15, 0.2) is 5.82 Å². The largest absolute Gasteiger partial charge is 0.352 e. The molecule has 20 heavy (non-hydrogen) atoms. The predicted molar refractivity (Wildman–Crippen MR) is 83.1 cm³/mol. The Hall–Kier alpha value is -1.68. The third-order valence-electron chi connectivity index (χ3n) is 4.03. The molecule has 2 aromatic rings. The average molecular weight is 270 g/mol. The number of aromatic nitrogens is 2. The van der Waals surface area contributed by atoms with E-state index in [1.165, 1.54) is 0 Å². The molecule has 0 saturated carbocycles. The number of anilines is 1. The van der Waals surface area contributed by atoms with E-state index in [0.717, 1.165) is 42.2 Å². The summed E-state index contributed by atoms with van der Waals surface area (Å²) in [7, 11) is 0. The quantitative estimate of drug-likeness (QED) is 0.909. The predicted octanol–water partition coefficient (Wildman–Crippen LogP) is 2.37. The van der Waals surface area contributed by atoms with Crippen molar-refractivity contribution in [3.05, 3.63) is 30.0 Å². The molecule has 1 saturated heterocycles. The minimum Gasteiger partial charge on any atom is -0.352 e. The Balaban J connectivity index is 1.94. The summed E-state index contributed by atoms with van der Waals surface area (Å²) in [6.45, 7) is 9.60. The number of fused-ring (bicyclic) bond motifs is 1. The highest BCUT2D eigenvalue weighted by Crippen LogP contribution is 2.22. The number of hydrogen-bond donors (Lipinski definition) is 1.